The SMILES string of the molecule is CCc1ccc(C(=O)Nc2n[nH]c3c2CN(C(=O)N2C[C@@H]4CCCN4C[C@@H]2C)C3C)nc1. The van der Waals surface area contributed by atoms with Gasteiger partial charge < -0.3 is 15.1 Å². The zero-order valence-corrected chi connectivity index (χ0v) is 19.0. The van der Waals surface area contributed by atoms with Crippen LogP contribution >= 0.6 is 0 Å². The van der Waals surface area contributed by atoms with E-state index in [2.05, 4.69) is 32.3 Å². The summed E-state index contributed by atoms with van der Waals surface area (Å²) in [5.41, 5.74) is 3.19. The molecular formula is C23H31N7O2. The summed E-state index contributed by atoms with van der Waals surface area (Å²) >= 11 is 0. The van der Waals surface area contributed by atoms with Crippen LogP contribution in [-0.4, -0.2) is 73.5 Å². The normalized spacial score (nSPS) is 25.0. The Labute approximate surface area is 188 Å². The van der Waals surface area contributed by atoms with Gasteiger partial charge in [-0.3, -0.25) is 19.8 Å². The zero-order chi connectivity index (χ0) is 22.4. The van der Waals surface area contributed by atoms with Crippen LogP contribution in [0.5, 0.6) is 0 Å². The smallest absolute Gasteiger partial charge is 0.319 e. The van der Waals surface area contributed by atoms with Crippen molar-refractivity contribution in [2.24, 2.45) is 0 Å². The Balaban J connectivity index is 1.29. The molecule has 3 aliphatic heterocycles. The van der Waals surface area contributed by atoms with E-state index in [1.807, 2.05) is 29.7 Å². The van der Waals surface area contributed by atoms with E-state index in [9.17, 15) is 9.59 Å². The number of carbonyl (C=O) groups excluding carboxylic acids is 2. The number of aryl methyl sites for hydroxylation is 1. The first kappa shape index (κ1) is 20.9. The summed E-state index contributed by atoms with van der Waals surface area (Å²) in [4.78, 5) is 36.9. The Kier molecular flexibility index (Phi) is 5.36. The number of aromatic nitrogens is 3. The summed E-state index contributed by atoms with van der Waals surface area (Å²) in [6.07, 6.45) is 4.98. The third kappa shape index (κ3) is 3.54. The Bertz CT molecular complexity index is 1020. The van der Waals surface area contributed by atoms with E-state index >= 15 is 0 Å². The summed E-state index contributed by atoms with van der Waals surface area (Å²) < 4.78 is 0. The maximum absolute atomic E-state index is 13.5. The molecule has 1 unspecified atom stereocenters. The number of H-pyrrole nitrogens is 1. The molecule has 9 heteroatoms. The van der Waals surface area contributed by atoms with Crippen LogP contribution in [0.15, 0.2) is 18.3 Å². The number of hydrogen-bond acceptors (Lipinski definition) is 5. The van der Waals surface area contributed by atoms with Gasteiger partial charge in [0.15, 0.2) is 5.82 Å². The number of nitrogens with one attached hydrogen (secondary N) is 2. The minimum Gasteiger partial charge on any atom is -0.319 e. The highest BCUT2D eigenvalue weighted by Gasteiger charge is 2.42. The van der Waals surface area contributed by atoms with E-state index in [4.69, 9.17) is 0 Å². The predicted octanol–water partition coefficient (Wildman–Crippen LogP) is 2.78. The molecule has 2 N–H and O–H groups in total. The highest BCUT2D eigenvalue weighted by Crippen LogP contribution is 2.37. The van der Waals surface area contributed by atoms with Gasteiger partial charge in [0.1, 0.15) is 5.69 Å². The van der Waals surface area contributed by atoms with Crippen molar-refractivity contribution >= 4 is 17.8 Å². The van der Waals surface area contributed by atoms with E-state index in [1.165, 1.54) is 12.8 Å². The standard InChI is InChI=1S/C23H31N7O2/c1-4-16-7-8-19(24-10-16)22(31)25-21-18-13-30(15(3)20(18)26-27-21)23(32)29-12-17-6-5-9-28(17)11-14(29)2/h7-8,10,14-15,17H,4-6,9,11-13H2,1-3H3,(H2,25,26,27,31)/t14-,15?,17-/m0/s1. The summed E-state index contributed by atoms with van der Waals surface area (Å²) in [6, 6.07) is 4.25. The fourth-order valence-electron chi connectivity index (χ4n) is 5.24. The van der Waals surface area contributed by atoms with Crippen LogP contribution in [-0.2, 0) is 13.0 Å². The van der Waals surface area contributed by atoms with Gasteiger partial charge in [0.05, 0.1) is 18.3 Å². The van der Waals surface area contributed by atoms with Gasteiger partial charge in [-0.05, 0) is 51.3 Å². The average molecular weight is 438 g/mol. The van der Waals surface area contributed by atoms with Crippen LogP contribution < -0.4 is 5.32 Å². The molecule has 170 valence electrons. The van der Waals surface area contributed by atoms with Gasteiger partial charge in [-0.1, -0.05) is 13.0 Å². The quantitative estimate of drug-likeness (QED) is 0.770. The lowest BCUT2D eigenvalue weighted by Crippen LogP contribution is -2.59. The number of hydrogen-bond donors (Lipinski definition) is 2. The molecule has 5 rings (SSSR count). The number of urea groups is 1. The molecule has 2 aromatic heterocycles. The molecular weight excluding hydrogens is 406 g/mol. The van der Waals surface area contributed by atoms with Gasteiger partial charge >= 0.3 is 6.03 Å². The van der Waals surface area contributed by atoms with Crippen molar-refractivity contribution in [2.75, 3.05) is 25.0 Å². The molecule has 9 nitrogen and oxygen atoms in total. The number of fused-ring (bicyclic) bond motifs is 2. The van der Waals surface area contributed by atoms with Gasteiger partial charge in [-0.25, -0.2) is 4.79 Å². The molecule has 0 saturated carbocycles. The molecule has 0 radical (unpaired) electrons. The number of rotatable bonds is 3. The van der Waals surface area contributed by atoms with Gasteiger partial charge in [0.2, 0.25) is 0 Å². The van der Waals surface area contributed by atoms with E-state index in [0.717, 1.165) is 42.9 Å². The number of amides is 3. The topological polar surface area (TPSA) is 97.5 Å². The van der Waals surface area contributed by atoms with Crippen molar-refractivity contribution in [1.29, 1.82) is 0 Å². The monoisotopic (exact) mass is 437 g/mol. The number of anilines is 1. The number of piperazine rings is 1. The lowest BCUT2D eigenvalue weighted by Gasteiger charge is -2.44. The van der Waals surface area contributed by atoms with E-state index in [-0.39, 0.29) is 24.0 Å². The summed E-state index contributed by atoms with van der Waals surface area (Å²) in [5, 5.41) is 10.2. The Morgan fingerprint density at radius 3 is 2.81 bits per heavy atom. The second-order valence-corrected chi connectivity index (χ2v) is 9.20. The number of nitrogens with zero attached hydrogens (tertiary/aromatic N) is 5. The summed E-state index contributed by atoms with van der Waals surface area (Å²) in [5.74, 6) is 0.174. The van der Waals surface area contributed by atoms with Crippen LogP contribution in [0, 0.1) is 0 Å². The molecule has 2 aromatic rings. The third-order valence-corrected chi connectivity index (χ3v) is 7.24. The molecule has 0 aromatic carbocycles. The van der Waals surface area contributed by atoms with E-state index in [1.54, 1.807) is 12.3 Å². The fourth-order valence-corrected chi connectivity index (χ4v) is 5.24. The van der Waals surface area contributed by atoms with Crippen LogP contribution in [0.1, 0.15) is 67.0 Å². The predicted molar refractivity (Wildman–Crippen MR) is 120 cm³/mol. The minimum absolute atomic E-state index is 0.0650. The number of carbonyl (C=O) groups is 2. The first-order chi connectivity index (χ1) is 15.5. The second-order valence-electron chi connectivity index (χ2n) is 9.20. The van der Waals surface area contributed by atoms with E-state index < -0.39 is 0 Å². The van der Waals surface area contributed by atoms with Crippen LogP contribution in [0.2, 0.25) is 0 Å². The maximum Gasteiger partial charge on any atom is 0.321 e. The Hall–Kier alpha value is -2.94. The zero-order valence-electron chi connectivity index (χ0n) is 19.0. The lowest BCUT2D eigenvalue weighted by molar-refractivity contribution is 0.0580. The number of aromatic amines is 1. The molecule has 3 atom stereocenters. The average Bonchev–Trinajstić information content (AvgIpc) is 3.50. The van der Waals surface area contributed by atoms with Crippen LogP contribution in [0.3, 0.4) is 0 Å². The van der Waals surface area contributed by atoms with Crippen molar-refractivity contribution in [3.05, 3.63) is 40.8 Å². The second kappa shape index (κ2) is 8.20. The lowest BCUT2D eigenvalue weighted by atomic mass is 10.1. The molecule has 2 saturated heterocycles. The maximum atomic E-state index is 13.5. The Morgan fingerprint density at radius 1 is 1.22 bits per heavy atom. The van der Waals surface area contributed by atoms with Crippen molar-refractivity contribution in [3.63, 3.8) is 0 Å². The first-order valence-electron chi connectivity index (χ1n) is 11.6. The minimum atomic E-state index is -0.301. The van der Waals surface area contributed by atoms with Gasteiger partial charge in [0.25, 0.3) is 5.91 Å². The highest BCUT2D eigenvalue weighted by molar-refractivity contribution is 6.02. The Morgan fingerprint density at radius 2 is 2.06 bits per heavy atom. The largest absolute Gasteiger partial charge is 0.321 e. The first-order valence-corrected chi connectivity index (χ1v) is 11.6. The van der Waals surface area contributed by atoms with Crippen molar-refractivity contribution in [3.8, 4) is 0 Å². The summed E-state index contributed by atoms with van der Waals surface area (Å²) in [7, 11) is 0. The molecule has 5 heterocycles. The molecule has 0 bridgehead atoms. The fraction of sp³-hybridized carbons (Fsp3) is 0.565. The van der Waals surface area contributed by atoms with Crippen LogP contribution in [0.4, 0.5) is 10.6 Å². The van der Waals surface area contributed by atoms with E-state index in [0.29, 0.717) is 24.1 Å². The summed E-state index contributed by atoms with van der Waals surface area (Å²) in [6.45, 7) is 9.50. The van der Waals surface area contributed by atoms with Gasteiger partial charge in [0, 0.05) is 36.9 Å². The molecule has 2 fully saturated rings. The van der Waals surface area contributed by atoms with Gasteiger partial charge in [-0.2, -0.15) is 5.10 Å². The molecule has 32 heavy (non-hydrogen) atoms. The highest BCUT2D eigenvalue weighted by atomic mass is 16.2. The molecule has 0 spiro atoms. The van der Waals surface area contributed by atoms with Crippen molar-refractivity contribution in [2.45, 2.75) is 64.7 Å². The van der Waals surface area contributed by atoms with Crippen molar-refractivity contribution < 1.29 is 9.59 Å². The molecule has 0 aliphatic carbocycles. The van der Waals surface area contributed by atoms with Crippen LogP contribution in [0.25, 0.3) is 0 Å². The number of pyridine rings is 1. The third-order valence-electron chi connectivity index (χ3n) is 7.24. The molecule has 3 amide bonds. The molecule has 3 aliphatic rings. The van der Waals surface area contributed by atoms with Gasteiger partial charge in [-0.15, -0.1) is 0 Å². The van der Waals surface area contributed by atoms with Crippen molar-refractivity contribution in [1.82, 2.24) is 29.9 Å².